The average molecular weight is 188 g/mol. The number of aliphatic carboxylic acids is 1. The van der Waals surface area contributed by atoms with Gasteiger partial charge in [-0.25, -0.2) is 0 Å². The van der Waals surface area contributed by atoms with Gasteiger partial charge in [-0.3, -0.25) is 9.59 Å². The Morgan fingerprint density at radius 3 is 1.54 bits per heavy atom. The highest BCUT2D eigenvalue weighted by atomic mass is 16.5. The van der Waals surface area contributed by atoms with Crippen LogP contribution in [0, 0.1) is 0 Å². The van der Waals surface area contributed by atoms with E-state index in [4.69, 9.17) is 9.90 Å². The minimum absolute atomic E-state index is 0.329. The molecule has 0 rings (SSSR count). The monoisotopic (exact) mass is 188 g/mol. The van der Waals surface area contributed by atoms with Crippen molar-refractivity contribution in [2.45, 2.75) is 20.8 Å². The molecule has 0 bridgehead atoms. The summed E-state index contributed by atoms with van der Waals surface area (Å²) in [6, 6.07) is 0. The normalized spacial score (nSPS) is 6.08. The molecule has 0 atom stereocenters. The first-order chi connectivity index (χ1) is 5.92. The van der Waals surface area contributed by atoms with Crippen LogP contribution < -0.4 is 0 Å². The van der Waals surface area contributed by atoms with Crippen LogP contribution in [0.25, 0.3) is 0 Å². The van der Waals surface area contributed by atoms with Gasteiger partial charge in [-0.2, -0.15) is 0 Å². The van der Waals surface area contributed by atoms with Crippen molar-refractivity contribution in [2.24, 2.45) is 0 Å². The lowest BCUT2D eigenvalue weighted by Gasteiger charge is -1.83. The van der Waals surface area contributed by atoms with Gasteiger partial charge >= 0.3 is 5.97 Å². The molecular formula is C9H16O4. The SMILES string of the molecule is C=CC.C=COC(C)=O.CC(=O)O. The van der Waals surface area contributed by atoms with Gasteiger partial charge in [0.05, 0.1) is 6.26 Å². The van der Waals surface area contributed by atoms with Crippen molar-refractivity contribution in [3.63, 3.8) is 0 Å². The Balaban J connectivity index is -0.000000125. The Morgan fingerprint density at radius 2 is 1.54 bits per heavy atom. The van der Waals surface area contributed by atoms with E-state index < -0.39 is 5.97 Å². The molecule has 4 nitrogen and oxygen atoms in total. The third-order valence-corrected chi connectivity index (χ3v) is 0.249. The summed E-state index contributed by atoms with van der Waals surface area (Å²) in [5, 5.41) is 7.42. The van der Waals surface area contributed by atoms with Gasteiger partial charge in [0.1, 0.15) is 0 Å². The molecule has 0 heterocycles. The van der Waals surface area contributed by atoms with E-state index in [0.29, 0.717) is 0 Å². The van der Waals surface area contributed by atoms with E-state index >= 15 is 0 Å². The fraction of sp³-hybridized carbons (Fsp3) is 0.333. The van der Waals surface area contributed by atoms with Gasteiger partial charge < -0.3 is 9.84 Å². The predicted octanol–water partition coefficient (Wildman–Crippen LogP) is 1.98. The number of carbonyl (C=O) groups excluding carboxylic acids is 1. The smallest absolute Gasteiger partial charge is 0.307 e. The zero-order chi connectivity index (χ0) is 11.3. The molecule has 0 aliphatic rings. The average Bonchev–Trinajstić information content (AvgIpc) is 1.86. The standard InChI is InChI=1S/C4H6O2.C3H6.C2H4O2/c1-3-6-4(2)5;1-3-2;1-2(3)4/h3H,1H2,2H3;3H,1H2,2H3;1H3,(H,3,4). The van der Waals surface area contributed by atoms with Crippen LogP contribution in [0.15, 0.2) is 25.5 Å². The Labute approximate surface area is 78.5 Å². The van der Waals surface area contributed by atoms with Crippen molar-refractivity contribution in [3.05, 3.63) is 25.5 Å². The molecule has 0 aromatic carbocycles. The van der Waals surface area contributed by atoms with Crippen molar-refractivity contribution < 1.29 is 19.4 Å². The first kappa shape index (κ1) is 17.5. The highest BCUT2D eigenvalue weighted by Gasteiger charge is 1.79. The molecule has 0 unspecified atom stereocenters. The summed E-state index contributed by atoms with van der Waals surface area (Å²) in [4.78, 5) is 18.8. The first-order valence-corrected chi connectivity index (χ1v) is 3.47. The third kappa shape index (κ3) is 366. The van der Waals surface area contributed by atoms with Crippen LogP contribution in [-0.2, 0) is 14.3 Å². The summed E-state index contributed by atoms with van der Waals surface area (Å²) in [7, 11) is 0. The zero-order valence-electron chi connectivity index (χ0n) is 8.24. The van der Waals surface area contributed by atoms with E-state index in [1.54, 1.807) is 6.08 Å². The van der Waals surface area contributed by atoms with Crippen LogP contribution in [0.2, 0.25) is 0 Å². The molecule has 0 saturated heterocycles. The number of carbonyl (C=O) groups is 2. The Morgan fingerprint density at radius 1 is 1.31 bits per heavy atom. The predicted molar refractivity (Wildman–Crippen MR) is 51.1 cm³/mol. The quantitative estimate of drug-likeness (QED) is 0.388. The summed E-state index contributed by atoms with van der Waals surface area (Å²) >= 11 is 0. The van der Waals surface area contributed by atoms with E-state index in [9.17, 15) is 4.79 Å². The van der Waals surface area contributed by atoms with Gasteiger partial charge in [0.2, 0.25) is 0 Å². The molecular weight excluding hydrogens is 172 g/mol. The highest BCUT2D eigenvalue weighted by molar-refractivity contribution is 5.66. The number of rotatable bonds is 1. The summed E-state index contributed by atoms with van der Waals surface area (Å²) in [6.07, 6.45) is 2.85. The largest absolute Gasteiger partial charge is 0.481 e. The van der Waals surface area contributed by atoms with Crippen LogP contribution in [0.5, 0.6) is 0 Å². The number of hydrogen-bond acceptors (Lipinski definition) is 3. The topological polar surface area (TPSA) is 63.6 Å². The molecule has 1 N–H and O–H groups in total. The van der Waals surface area contributed by atoms with Gasteiger partial charge in [-0.15, -0.1) is 6.58 Å². The van der Waals surface area contributed by atoms with E-state index in [0.717, 1.165) is 13.2 Å². The number of carboxylic acids is 1. The number of allylic oxidation sites excluding steroid dienone is 1. The van der Waals surface area contributed by atoms with Crippen LogP contribution in [-0.4, -0.2) is 17.0 Å². The minimum Gasteiger partial charge on any atom is -0.481 e. The molecule has 0 amide bonds. The first-order valence-electron chi connectivity index (χ1n) is 3.47. The fourth-order valence-electron chi connectivity index (χ4n) is 0.117. The summed E-state index contributed by atoms with van der Waals surface area (Å²) < 4.78 is 4.17. The molecule has 0 spiro atoms. The molecule has 0 fully saturated rings. The van der Waals surface area contributed by atoms with Crippen LogP contribution in [0.3, 0.4) is 0 Å². The van der Waals surface area contributed by atoms with Gasteiger partial charge in [0, 0.05) is 13.8 Å². The second-order valence-electron chi connectivity index (χ2n) is 1.70. The maximum Gasteiger partial charge on any atom is 0.307 e. The van der Waals surface area contributed by atoms with Gasteiger partial charge in [-0.05, 0) is 6.92 Å². The molecule has 4 heteroatoms. The second kappa shape index (κ2) is 16.8. The van der Waals surface area contributed by atoms with E-state index in [-0.39, 0.29) is 5.97 Å². The number of esters is 1. The van der Waals surface area contributed by atoms with Crippen molar-refractivity contribution in [2.75, 3.05) is 0 Å². The van der Waals surface area contributed by atoms with E-state index in [1.807, 2.05) is 6.92 Å². The molecule has 0 saturated carbocycles. The van der Waals surface area contributed by atoms with Gasteiger partial charge in [0.15, 0.2) is 0 Å². The summed E-state index contributed by atoms with van der Waals surface area (Å²) in [5.41, 5.74) is 0. The maximum absolute atomic E-state index is 9.75. The number of carboxylic acid groups (broad SMARTS) is 1. The number of hydrogen-bond donors (Lipinski definition) is 1. The Bertz CT molecular complexity index is 157. The van der Waals surface area contributed by atoms with Crippen LogP contribution in [0.4, 0.5) is 0 Å². The lowest BCUT2D eigenvalue weighted by Crippen LogP contribution is -1.87. The molecule has 0 aliphatic carbocycles. The Kier molecular flexibility index (Phi) is 22.6. The van der Waals surface area contributed by atoms with Crippen molar-refractivity contribution in [1.29, 1.82) is 0 Å². The fourth-order valence-corrected chi connectivity index (χ4v) is 0.117. The van der Waals surface area contributed by atoms with E-state index in [2.05, 4.69) is 17.9 Å². The van der Waals surface area contributed by atoms with Gasteiger partial charge in [0.25, 0.3) is 5.97 Å². The summed E-state index contributed by atoms with van der Waals surface area (Å²) in [6.45, 7) is 10.8. The molecule has 0 aliphatic heterocycles. The molecule has 76 valence electrons. The zero-order valence-corrected chi connectivity index (χ0v) is 8.24. The van der Waals surface area contributed by atoms with Crippen LogP contribution in [0.1, 0.15) is 20.8 Å². The van der Waals surface area contributed by atoms with Crippen LogP contribution >= 0.6 is 0 Å². The maximum atomic E-state index is 9.75. The third-order valence-electron chi connectivity index (χ3n) is 0.249. The highest BCUT2D eigenvalue weighted by Crippen LogP contribution is 1.70. The van der Waals surface area contributed by atoms with Crippen molar-refractivity contribution in [3.8, 4) is 0 Å². The lowest BCUT2D eigenvalue weighted by atomic mass is 10.8. The molecule has 0 aromatic heterocycles. The van der Waals surface area contributed by atoms with Crippen molar-refractivity contribution >= 4 is 11.9 Å². The van der Waals surface area contributed by atoms with E-state index in [1.165, 1.54) is 6.92 Å². The summed E-state index contributed by atoms with van der Waals surface area (Å²) in [5.74, 6) is -1.16. The number of ether oxygens (including phenoxy) is 1. The lowest BCUT2D eigenvalue weighted by molar-refractivity contribution is -0.136. The molecule has 0 aromatic rings. The Hall–Kier alpha value is -1.58. The second-order valence-corrected chi connectivity index (χ2v) is 1.70. The minimum atomic E-state index is -0.833. The van der Waals surface area contributed by atoms with Gasteiger partial charge in [-0.1, -0.05) is 12.7 Å². The molecule has 13 heavy (non-hydrogen) atoms. The van der Waals surface area contributed by atoms with Crippen molar-refractivity contribution in [1.82, 2.24) is 0 Å². The molecule has 0 radical (unpaired) electrons.